The van der Waals surface area contributed by atoms with Gasteiger partial charge in [-0.3, -0.25) is 13.9 Å². The van der Waals surface area contributed by atoms with Gasteiger partial charge in [0.05, 0.1) is 10.6 Å². The first-order valence-corrected chi connectivity index (χ1v) is 15.2. The maximum absolute atomic E-state index is 13.9. The van der Waals surface area contributed by atoms with Crippen LogP contribution in [0, 0.1) is 5.92 Å². The second-order valence-corrected chi connectivity index (χ2v) is 13.0. The maximum atomic E-state index is 13.9. The van der Waals surface area contributed by atoms with Crippen molar-refractivity contribution in [2.24, 2.45) is 5.92 Å². The van der Waals surface area contributed by atoms with E-state index in [-0.39, 0.29) is 23.3 Å². The Morgan fingerprint density at radius 1 is 0.949 bits per heavy atom. The molecule has 3 rings (SSSR count). The van der Waals surface area contributed by atoms with E-state index in [1.165, 1.54) is 17.0 Å². The summed E-state index contributed by atoms with van der Waals surface area (Å²) in [5.74, 6) is -0.728. The molecule has 208 valence electrons. The van der Waals surface area contributed by atoms with E-state index >= 15 is 0 Å². The summed E-state index contributed by atoms with van der Waals surface area (Å²) < 4.78 is 29.2. The zero-order chi connectivity index (χ0) is 28.7. The van der Waals surface area contributed by atoms with Crippen LogP contribution in [0.4, 0.5) is 5.69 Å². The first-order chi connectivity index (χ1) is 18.4. The molecule has 0 fully saturated rings. The molecule has 39 heavy (non-hydrogen) atoms. The van der Waals surface area contributed by atoms with Crippen molar-refractivity contribution in [1.82, 2.24) is 10.2 Å². The molecule has 0 bridgehead atoms. The zero-order valence-corrected chi connectivity index (χ0v) is 25.7. The molecule has 7 nitrogen and oxygen atoms in total. The quantitative estimate of drug-likeness (QED) is 0.269. The number of amides is 2. The second-order valence-electron chi connectivity index (χ2n) is 9.38. The van der Waals surface area contributed by atoms with Gasteiger partial charge in [0.15, 0.2) is 0 Å². The van der Waals surface area contributed by atoms with Crippen LogP contribution in [0.2, 0.25) is 10.0 Å². The topological polar surface area (TPSA) is 86.8 Å². The van der Waals surface area contributed by atoms with Gasteiger partial charge in [-0.15, -0.1) is 0 Å². The molecular formula is C28H30BrCl2N3O4S. The van der Waals surface area contributed by atoms with Gasteiger partial charge in [0.25, 0.3) is 10.0 Å². The number of nitrogens with zero attached hydrogens (tertiary/aromatic N) is 2. The highest BCUT2D eigenvalue weighted by molar-refractivity contribution is 9.10. The standard InChI is InChI=1S/C28H30BrCl2N3O4S/c1-19(2)16-32-28(36)20(3)33(17-21-12-13-23(30)15-26(21)31)27(35)18-34(24-9-7-8-22(29)14-24)39(37,38)25-10-5-4-6-11-25/h4-15,19-20H,16-18H2,1-3H3,(H,32,36)/t20-/m1/s1. The molecule has 1 N–H and O–H groups in total. The third kappa shape index (κ3) is 8.20. The molecule has 2 amide bonds. The van der Waals surface area contributed by atoms with Crippen molar-refractivity contribution in [3.63, 3.8) is 0 Å². The lowest BCUT2D eigenvalue weighted by atomic mass is 10.1. The molecule has 0 aromatic heterocycles. The number of rotatable bonds is 11. The molecular weight excluding hydrogens is 625 g/mol. The Bertz CT molecular complexity index is 1420. The monoisotopic (exact) mass is 653 g/mol. The first-order valence-electron chi connectivity index (χ1n) is 12.2. The molecule has 0 aliphatic carbocycles. The molecule has 0 unspecified atom stereocenters. The van der Waals surface area contributed by atoms with Crippen molar-refractivity contribution in [3.8, 4) is 0 Å². The van der Waals surface area contributed by atoms with Crippen LogP contribution >= 0.6 is 39.1 Å². The lowest BCUT2D eigenvalue weighted by molar-refractivity contribution is -0.139. The van der Waals surface area contributed by atoms with Crippen LogP contribution in [0.15, 0.2) is 82.2 Å². The Hall–Kier alpha value is -2.59. The normalized spacial score (nSPS) is 12.2. The lowest BCUT2D eigenvalue weighted by Gasteiger charge is -2.32. The molecule has 3 aromatic carbocycles. The van der Waals surface area contributed by atoms with Crippen LogP contribution in [0.25, 0.3) is 0 Å². The molecule has 3 aromatic rings. The van der Waals surface area contributed by atoms with Crippen molar-refractivity contribution >= 4 is 66.7 Å². The molecule has 0 radical (unpaired) electrons. The van der Waals surface area contributed by atoms with Gasteiger partial charge in [0.2, 0.25) is 11.8 Å². The summed E-state index contributed by atoms with van der Waals surface area (Å²) in [5.41, 5.74) is 0.862. The number of nitrogens with one attached hydrogen (secondary N) is 1. The Kier molecular flexibility index (Phi) is 10.8. The number of sulfonamides is 1. The van der Waals surface area contributed by atoms with Crippen LogP contribution in [0.5, 0.6) is 0 Å². The highest BCUT2D eigenvalue weighted by Gasteiger charge is 2.32. The number of carbonyl (C=O) groups is 2. The van der Waals surface area contributed by atoms with E-state index in [0.717, 1.165) is 4.31 Å². The molecule has 0 spiro atoms. The minimum Gasteiger partial charge on any atom is -0.354 e. The zero-order valence-electron chi connectivity index (χ0n) is 21.8. The summed E-state index contributed by atoms with van der Waals surface area (Å²) in [6.45, 7) is 5.40. The van der Waals surface area contributed by atoms with Gasteiger partial charge in [-0.05, 0) is 60.9 Å². The van der Waals surface area contributed by atoms with E-state index in [1.807, 2.05) is 13.8 Å². The van der Waals surface area contributed by atoms with Gasteiger partial charge < -0.3 is 10.2 Å². The van der Waals surface area contributed by atoms with E-state index in [9.17, 15) is 18.0 Å². The predicted molar refractivity (Wildman–Crippen MR) is 159 cm³/mol. The predicted octanol–water partition coefficient (Wildman–Crippen LogP) is 6.14. The van der Waals surface area contributed by atoms with Crippen LogP contribution in [0.3, 0.4) is 0 Å². The molecule has 0 saturated heterocycles. The Balaban J connectivity index is 2.02. The highest BCUT2D eigenvalue weighted by atomic mass is 79.9. The van der Waals surface area contributed by atoms with Crippen molar-refractivity contribution in [2.45, 2.75) is 38.3 Å². The van der Waals surface area contributed by atoms with Crippen LogP contribution in [-0.4, -0.2) is 44.3 Å². The smallest absolute Gasteiger partial charge is 0.264 e. The fraction of sp³-hybridized carbons (Fsp3) is 0.286. The number of hydrogen-bond donors (Lipinski definition) is 1. The fourth-order valence-electron chi connectivity index (χ4n) is 3.75. The van der Waals surface area contributed by atoms with E-state index in [2.05, 4.69) is 21.2 Å². The van der Waals surface area contributed by atoms with Gasteiger partial charge in [-0.25, -0.2) is 8.42 Å². The highest BCUT2D eigenvalue weighted by Crippen LogP contribution is 2.28. The summed E-state index contributed by atoms with van der Waals surface area (Å²) in [5, 5.41) is 3.61. The third-order valence-corrected chi connectivity index (χ3v) is 8.78. The van der Waals surface area contributed by atoms with Gasteiger partial charge in [0.1, 0.15) is 12.6 Å². The molecule has 0 aliphatic rings. The molecule has 0 saturated carbocycles. The fourth-order valence-corrected chi connectivity index (χ4v) is 6.03. The molecule has 1 atom stereocenters. The lowest BCUT2D eigenvalue weighted by Crippen LogP contribution is -2.51. The van der Waals surface area contributed by atoms with Crippen LogP contribution < -0.4 is 9.62 Å². The van der Waals surface area contributed by atoms with E-state index in [0.29, 0.717) is 32.3 Å². The number of anilines is 1. The average molecular weight is 655 g/mol. The average Bonchev–Trinajstić information content (AvgIpc) is 2.89. The number of benzene rings is 3. The van der Waals surface area contributed by atoms with Gasteiger partial charge in [-0.1, -0.05) is 83.3 Å². The van der Waals surface area contributed by atoms with Crippen molar-refractivity contribution in [2.75, 3.05) is 17.4 Å². The van der Waals surface area contributed by atoms with E-state index in [1.54, 1.807) is 67.6 Å². The molecule has 0 heterocycles. The summed E-state index contributed by atoms with van der Waals surface area (Å²) in [6, 6.07) is 18.5. The van der Waals surface area contributed by atoms with Gasteiger partial charge in [0, 0.05) is 27.6 Å². The van der Waals surface area contributed by atoms with Crippen molar-refractivity contribution < 1.29 is 18.0 Å². The largest absolute Gasteiger partial charge is 0.354 e. The van der Waals surface area contributed by atoms with Gasteiger partial charge >= 0.3 is 0 Å². The maximum Gasteiger partial charge on any atom is 0.264 e. The van der Waals surface area contributed by atoms with Crippen LogP contribution in [-0.2, 0) is 26.2 Å². The second kappa shape index (κ2) is 13.7. The SMILES string of the molecule is CC(C)CNC(=O)[C@@H](C)N(Cc1ccc(Cl)cc1Cl)C(=O)CN(c1cccc(Br)c1)S(=O)(=O)c1ccccc1. The van der Waals surface area contributed by atoms with Crippen molar-refractivity contribution in [3.05, 3.63) is 92.9 Å². The third-order valence-electron chi connectivity index (χ3n) is 5.91. The van der Waals surface area contributed by atoms with Crippen molar-refractivity contribution in [1.29, 1.82) is 0 Å². The number of hydrogen-bond acceptors (Lipinski definition) is 4. The minimum absolute atomic E-state index is 0.0250. The minimum atomic E-state index is -4.13. The Labute approximate surface area is 248 Å². The summed E-state index contributed by atoms with van der Waals surface area (Å²) in [7, 11) is -4.13. The molecule has 11 heteroatoms. The number of halogens is 3. The van der Waals surface area contributed by atoms with E-state index < -0.39 is 28.5 Å². The van der Waals surface area contributed by atoms with E-state index in [4.69, 9.17) is 23.2 Å². The summed E-state index contributed by atoms with van der Waals surface area (Å²) >= 11 is 15.8. The summed E-state index contributed by atoms with van der Waals surface area (Å²) in [6.07, 6.45) is 0. The first kappa shape index (κ1) is 30.9. The van der Waals surface area contributed by atoms with Crippen LogP contribution in [0.1, 0.15) is 26.3 Å². The van der Waals surface area contributed by atoms with Gasteiger partial charge in [-0.2, -0.15) is 0 Å². The number of carbonyl (C=O) groups excluding carboxylic acids is 2. The summed E-state index contributed by atoms with van der Waals surface area (Å²) in [4.78, 5) is 28.3. The Morgan fingerprint density at radius 3 is 2.26 bits per heavy atom. The molecule has 0 aliphatic heterocycles. The Morgan fingerprint density at radius 2 is 1.64 bits per heavy atom.